The van der Waals surface area contributed by atoms with Gasteiger partial charge in [-0.1, -0.05) is 25.3 Å². The maximum absolute atomic E-state index is 13.5. The van der Waals surface area contributed by atoms with Gasteiger partial charge in [-0.2, -0.15) is 0 Å². The first-order valence-corrected chi connectivity index (χ1v) is 9.89. The van der Waals surface area contributed by atoms with E-state index < -0.39 is 11.6 Å². The average Bonchev–Trinajstić information content (AvgIpc) is 3.27. The molecule has 0 amide bonds. The largest absolute Gasteiger partial charge is 0.381 e. The monoisotopic (exact) mass is 349 g/mol. The molecule has 0 bridgehead atoms. The van der Waals surface area contributed by atoms with E-state index in [4.69, 9.17) is 4.74 Å². The van der Waals surface area contributed by atoms with Crippen LogP contribution in [0.15, 0.2) is 18.2 Å². The summed E-state index contributed by atoms with van der Waals surface area (Å²) in [5.74, 6) is -0.0392. The summed E-state index contributed by atoms with van der Waals surface area (Å²) in [5, 5.41) is 0. The van der Waals surface area contributed by atoms with Crippen LogP contribution in [0.3, 0.4) is 0 Å². The minimum absolute atomic E-state index is 0.289. The quantitative estimate of drug-likeness (QED) is 0.733. The summed E-state index contributed by atoms with van der Waals surface area (Å²) >= 11 is 0. The number of halogens is 2. The fourth-order valence-corrected chi connectivity index (χ4v) is 5.38. The van der Waals surface area contributed by atoms with Gasteiger partial charge in [0.25, 0.3) is 0 Å². The number of nitrogens with zero attached hydrogens (tertiary/aromatic N) is 1. The van der Waals surface area contributed by atoms with Gasteiger partial charge < -0.3 is 4.74 Å². The van der Waals surface area contributed by atoms with Crippen molar-refractivity contribution in [3.05, 3.63) is 35.4 Å². The van der Waals surface area contributed by atoms with Crippen molar-refractivity contribution in [1.82, 2.24) is 4.90 Å². The Labute approximate surface area is 149 Å². The molecule has 4 heteroatoms. The normalized spacial score (nSPS) is 30.2. The second kappa shape index (κ2) is 7.32. The molecule has 0 aromatic heterocycles. The summed E-state index contributed by atoms with van der Waals surface area (Å²) in [4.78, 5) is 2.41. The van der Waals surface area contributed by atoms with Crippen molar-refractivity contribution in [3.63, 3.8) is 0 Å². The third-order valence-corrected chi connectivity index (χ3v) is 6.72. The maximum Gasteiger partial charge on any atom is 0.159 e. The lowest BCUT2D eigenvalue weighted by Crippen LogP contribution is -2.33. The Morgan fingerprint density at radius 1 is 1.08 bits per heavy atom. The second-order valence-corrected chi connectivity index (χ2v) is 8.54. The maximum atomic E-state index is 13.5. The zero-order valence-electron chi connectivity index (χ0n) is 15.0. The molecule has 1 aliphatic heterocycles. The van der Waals surface area contributed by atoms with E-state index >= 15 is 0 Å². The second-order valence-electron chi connectivity index (χ2n) is 8.54. The summed E-state index contributed by atoms with van der Waals surface area (Å²) in [6.07, 6.45) is 9.22. The molecule has 0 N–H and O–H groups in total. The van der Waals surface area contributed by atoms with Crippen LogP contribution < -0.4 is 0 Å². The smallest absolute Gasteiger partial charge is 0.159 e. The van der Waals surface area contributed by atoms with Gasteiger partial charge >= 0.3 is 0 Å². The zero-order valence-corrected chi connectivity index (χ0v) is 15.0. The van der Waals surface area contributed by atoms with Crippen molar-refractivity contribution < 1.29 is 13.5 Å². The molecule has 2 atom stereocenters. The topological polar surface area (TPSA) is 12.5 Å². The lowest BCUT2D eigenvalue weighted by Gasteiger charge is -2.29. The number of fused-ring (bicyclic) bond motifs is 1. The number of ether oxygens (including phenoxy) is 1. The van der Waals surface area contributed by atoms with E-state index in [1.165, 1.54) is 57.1 Å². The highest BCUT2D eigenvalue weighted by molar-refractivity contribution is 5.18. The van der Waals surface area contributed by atoms with Gasteiger partial charge in [0.2, 0.25) is 0 Å². The van der Waals surface area contributed by atoms with Crippen molar-refractivity contribution in [3.8, 4) is 0 Å². The molecule has 0 radical (unpaired) electrons. The molecule has 25 heavy (non-hydrogen) atoms. The molecule has 2 nitrogen and oxygen atoms in total. The van der Waals surface area contributed by atoms with Gasteiger partial charge in [-0.15, -0.1) is 0 Å². The van der Waals surface area contributed by atoms with E-state index in [1.807, 2.05) is 0 Å². The Hall–Kier alpha value is -1.00. The number of likely N-dealkylation sites (tertiary alicyclic amines) is 1. The molecule has 3 fully saturated rings. The highest BCUT2D eigenvalue weighted by Gasteiger charge is 2.49. The summed E-state index contributed by atoms with van der Waals surface area (Å²) in [6.45, 7) is 4.60. The molecular formula is C21H29F2NO. The van der Waals surface area contributed by atoms with E-state index in [0.717, 1.165) is 37.8 Å². The summed E-state index contributed by atoms with van der Waals surface area (Å²) in [6, 6.07) is 4.28. The van der Waals surface area contributed by atoms with Crippen LogP contribution in [0.5, 0.6) is 0 Å². The molecule has 1 saturated heterocycles. The molecule has 2 saturated carbocycles. The molecule has 3 aliphatic rings. The minimum atomic E-state index is -0.765. The average molecular weight is 349 g/mol. The molecule has 2 aliphatic carbocycles. The van der Waals surface area contributed by atoms with E-state index in [1.54, 1.807) is 6.07 Å². The Morgan fingerprint density at radius 2 is 1.92 bits per heavy atom. The number of hydrogen-bond acceptors (Lipinski definition) is 2. The van der Waals surface area contributed by atoms with Crippen molar-refractivity contribution >= 4 is 0 Å². The number of rotatable bonds is 6. The van der Waals surface area contributed by atoms with Gasteiger partial charge in [0, 0.05) is 31.7 Å². The van der Waals surface area contributed by atoms with E-state index in [0.29, 0.717) is 12.5 Å². The van der Waals surface area contributed by atoms with Gasteiger partial charge in [-0.05, 0) is 55.2 Å². The predicted molar refractivity (Wildman–Crippen MR) is 94.2 cm³/mol. The van der Waals surface area contributed by atoms with Crippen LogP contribution in [0.2, 0.25) is 0 Å². The van der Waals surface area contributed by atoms with Crippen molar-refractivity contribution in [2.45, 2.75) is 51.5 Å². The molecule has 1 aromatic rings. The van der Waals surface area contributed by atoms with Crippen LogP contribution in [0, 0.1) is 28.9 Å². The first-order chi connectivity index (χ1) is 12.1. The Kier molecular flexibility index (Phi) is 5.10. The number of benzene rings is 1. The van der Waals surface area contributed by atoms with Gasteiger partial charge in [0.15, 0.2) is 11.6 Å². The molecule has 0 spiro atoms. The lowest BCUT2D eigenvalue weighted by atomic mass is 9.81. The summed E-state index contributed by atoms with van der Waals surface area (Å²) in [5.41, 5.74) is 1.15. The molecule has 0 unspecified atom stereocenters. The SMILES string of the molecule is Fc1ccc(CN2C[C@H]3CCC[C@@]3(COCC3CCCC3)C2)cc1F. The van der Waals surface area contributed by atoms with Crippen LogP contribution in [0.4, 0.5) is 8.78 Å². The lowest BCUT2D eigenvalue weighted by molar-refractivity contribution is 0.0194. The fraction of sp³-hybridized carbons (Fsp3) is 0.714. The first-order valence-electron chi connectivity index (χ1n) is 9.89. The minimum Gasteiger partial charge on any atom is -0.381 e. The van der Waals surface area contributed by atoms with Crippen molar-refractivity contribution in [2.75, 3.05) is 26.3 Å². The van der Waals surface area contributed by atoms with Crippen molar-refractivity contribution in [2.24, 2.45) is 17.3 Å². The standard InChI is InChI=1S/C21H29F2NO/c22-19-8-7-17(10-20(19)23)11-24-12-18-6-3-9-21(18,14-24)15-25-13-16-4-1-2-5-16/h7-8,10,16,18H,1-6,9,11-15H2/t18-,21+/m1/s1. The highest BCUT2D eigenvalue weighted by Crippen LogP contribution is 2.49. The zero-order chi connectivity index (χ0) is 17.3. The van der Waals surface area contributed by atoms with Gasteiger partial charge in [-0.3, -0.25) is 4.90 Å². The van der Waals surface area contributed by atoms with Crippen LogP contribution in [0.25, 0.3) is 0 Å². The molecular weight excluding hydrogens is 320 g/mol. The van der Waals surface area contributed by atoms with Crippen LogP contribution in [-0.2, 0) is 11.3 Å². The Bertz CT molecular complexity index is 602. The summed E-state index contributed by atoms with van der Waals surface area (Å²) < 4.78 is 32.8. The van der Waals surface area contributed by atoms with Crippen molar-refractivity contribution in [1.29, 1.82) is 0 Å². The highest BCUT2D eigenvalue weighted by atomic mass is 19.2. The number of hydrogen-bond donors (Lipinski definition) is 0. The van der Waals surface area contributed by atoms with Gasteiger partial charge in [0.1, 0.15) is 0 Å². The first kappa shape index (κ1) is 17.4. The molecule has 1 heterocycles. The van der Waals surface area contributed by atoms with Crippen LogP contribution in [-0.4, -0.2) is 31.2 Å². The van der Waals surface area contributed by atoms with Gasteiger partial charge in [0.05, 0.1) is 6.61 Å². The molecule has 1 aromatic carbocycles. The third-order valence-electron chi connectivity index (χ3n) is 6.72. The predicted octanol–water partition coefficient (Wildman–Crippen LogP) is 4.77. The van der Waals surface area contributed by atoms with Gasteiger partial charge in [-0.25, -0.2) is 8.78 Å². The molecule has 138 valence electrons. The van der Waals surface area contributed by atoms with Crippen LogP contribution in [0.1, 0.15) is 50.5 Å². The van der Waals surface area contributed by atoms with E-state index in [2.05, 4.69) is 4.90 Å². The summed E-state index contributed by atoms with van der Waals surface area (Å²) in [7, 11) is 0. The van der Waals surface area contributed by atoms with E-state index in [-0.39, 0.29) is 5.41 Å². The van der Waals surface area contributed by atoms with E-state index in [9.17, 15) is 8.78 Å². The fourth-order valence-electron chi connectivity index (χ4n) is 5.38. The van der Waals surface area contributed by atoms with Crippen LogP contribution >= 0.6 is 0 Å². The Morgan fingerprint density at radius 3 is 2.72 bits per heavy atom. The molecule has 4 rings (SSSR count). The third kappa shape index (κ3) is 3.75. The Balaban J connectivity index is 1.34.